The van der Waals surface area contributed by atoms with Gasteiger partial charge < -0.3 is 15.4 Å². The van der Waals surface area contributed by atoms with Crippen molar-refractivity contribution >= 4 is 23.3 Å². The number of nitrogens with one attached hydrogen (secondary N) is 2. The van der Waals surface area contributed by atoms with Gasteiger partial charge in [-0.25, -0.2) is 4.68 Å². The molecule has 0 bridgehead atoms. The summed E-state index contributed by atoms with van der Waals surface area (Å²) in [7, 11) is 0. The third-order valence-electron chi connectivity index (χ3n) is 5.23. The standard InChI is InChI=1S/C23H21F3N4O3/c1-3-17-20(14-9-7-13(2)8-10-14)21-28-22(32)18(30(21)29-17)12-19(31)27-15-5-4-6-16(11-15)33-23(24,25)26/h4-11,18H,3,12H2,1-2H3,(H,27,31)(H,28,32). The Morgan fingerprint density at radius 3 is 2.61 bits per heavy atom. The van der Waals surface area contributed by atoms with E-state index in [0.29, 0.717) is 12.2 Å². The first-order chi connectivity index (χ1) is 15.6. The fourth-order valence-corrected chi connectivity index (χ4v) is 3.75. The Labute approximate surface area is 187 Å². The molecule has 0 saturated carbocycles. The van der Waals surface area contributed by atoms with E-state index in [4.69, 9.17) is 0 Å². The second kappa shape index (κ2) is 8.61. The molecule has 33 heavy (non-hydrogen) atoms. The lowest BCUT2D eigenvalue weighted by molar-refractivity contribution is -0.274. The number of alkyl halides is 3. The minimum atomic E-state index is -4.84. The van der Waals surface area contributed by atoms with Crippen LogP contribution in [0, 0.1) is 6.92 Å². The van der Waals surface area contributed by atoms with Crippen LogP contribution < -0.4 is 15.4 Å². The van der Waals surface area contributed by atoms with Gasteiger partial charge in [0.25, 0.3) is 5.91 Å². The lowest BCUT2D eigenvalue weighted by Crippen LogP contribution is -2.24. The molecule has 3 aromatic rings. The first-order valence-electron chi connectivity index (χ1n) is 10.3. The molecular weight excluding hydrogens is 437 g/mol. The Bertz CT molecular complexity index is 1200. The van der Waals surface area contributed by atoms with E-state index in [1.807, 2.05) is 38.1 Å². The molecule has 2 N–H and O–H groups in total. The van der Waals surface area contributed by atoms with Gasteiger partial charge in [-0.3, -0.25) is 9.59 Å². The van der Waals surface area contributed by atoms with Gasteiger partial charge >= 0.3 is 6.36 Å². The number of aryl methyl sites for hydroxylation is 2. The van der Waals surface area contributed by atoms with Crippen molar-refractivity contribution in [2.24, 2.45) is 0 Å². The summed E-state index contributed by atoms with van der Waals surface area (Å²) in [5, 5.41) is 9.90. The van der Waals surface area contributed by atoms with Gasteiger partial charge in [0.1, 0.15) is 17.6 Å². The van der Waals surface area contributed by atoms with Crippen molar-refractivity contribution in [2.45, 2.75) is 39.1 Å². The monoisotopic (exact) mass is 458 g/mol. The van der Waals surface area contributed by atoms with E-state index in [-0.39, 0.29) is 18.0 Å². The predicted molar refractivity (Wildman–Crippen MR) is 116 cm³/mol. The fraction of sp³-hybridized carbons (Fsp3) is 0.261. The van der Waals surface area contributed by atoms with Gasteiger partial charge in [0, 0.05) is 17.3 Å². The molecule has 2 heterocycles. The van der Waals surface area contributed by atoms with E-state index >= 15 is 0 Å². The molecule has 10 heteroatoms. The number of aromatic nitrogens is 2. The molecule has 1 aromatic heterocycles. The molecule has 7 nitrogen and oxygen atoms in total. The van der Waals surface area contributed by atoms with Crippen molar-refractivity contribution in [3.05, 3.63) is 59.8 Å². The minimum Gasteiger partial charge on any atom is -0.406 e. The van der Waals surface area contributed by atoms with E-state index in [9.17, 15) is 22.8 Å². The molecule has 1 aliphatic rings. The molecule has 0 spiro atoms. The summed E-state index contributed by atoms with van der Waals surface area (Å²) >= 11 is 0. The number of carbonyl (C=O) groups is 2. The minimum absolute atomic E-state index is 0.121. The quantitative estimate of drug-likeness (QED) is 0.554. The van der Waals surface area contributed by atoms with Crippen LogP contribution in [0.2, 0.25) is 0 Å². The highest BCUT2D eigenvalue weighted by molar-refractivity contribution is 6.04. The third kappa shape index (κ3) is 4.84. The number of carbonyl (C=O) groups excluding carboxylic acids is 2. The van der Waals surface area contributed by atoms with E-state index in [2.05, 4.69) is 20.5 Å². The lowest BCUT2D eigenvalue weighted by atomic mass is 10.0. The van der Waals surface area contributed by atoms with Crippen LogP contribution >= 0.6 is 0 Å². The summed E-state index contributed by atoms with van der Waals surface area (Å²) in [4.78, 5) is 25.2. The second-order valence-corrected chi connectivity index (χ2v) is 7.67. The molecule has 0 fully saturated rings. The zero-order valence-electron chi connectivity index (χ0n) is 17.9. The van der Waals surface area contributed by atoms with Crippen molar-refractivity contribution in [3.8, 4) is 16.9 Å². The summed E-state index contributed by atoms with van der Waals surface area (Å²) in [6.45, 7) is 3.93. The topological polar surface area (TPSA) is 85.2 Å². The summed E-state index contributed by atoms with van der Waals surface area (Å²) in [6, 6.07) is 11.9. The lowest BCUT2D eigenvalue weighted by Gasteiger charge is -2.12. The molecular formula is C23H21F3N4O3. The van der Waals surface area contributed by atoms with Crippen LogP contribution in [0.1, 0.15) is 30.6 Å². The number of anilines is 2. The Balaban J connectivity index is 1.54. The Kier molecular flexibility index (Phi) is 5.84. The van der Waals surface area contributed by atoms with Crippen molar-refractivity contribution in [3.63, 3.8) is 0 Å². The van der Waals surface area contributed by atoms with Crippen LogP contribution in [0.25, 0.3) is 11.1 Å². The predicted octanol–water partition coefficient (Wildman–Crippen LogP) is 4.84. The number of nitrogens with zero attached hydrogens (tertiary/aromatic N) is 2. The van der Waals surface area contributed by atoms with Crippen LogP contribution in [0.3, 0.4) is 0 Å². The van der Waals surface area contributed by atoms with Crippen LogP contribution in [-0.2, 0) is 16.0 Å². The van der Waals surface area contributed by atoms with Gasteiger partial charge in [0.2, 0.25) is 5.91 Å². The molecule has 0 saturated heterocycles. The van der Waals surface area contributed by atoms with Gasteiger partial charge in [-0.1, -0.05) is 42.8 Å². The van der Waals surface area contributed by atoms with Crippen LogP contribution in [0.4, 0.5) is 24.7 Å². The molecule has 172 valence electrons. The van der Waals surface area contributed by atoms with Gasteiger partial charge in [-0.05, 0) is 31.0 Å². The molecule has 2 aromatic carbocycles. The van der Waals surface area contributed by atoms with Gasteiger partial charge in [0.05, 0.1) is 12.1 Å². The summed E-state index contributed by atoms with van der Waals surface area (Å²) in [6.07, 6.45) is -4.45. The van der Waals surface area contributed by atoms with E-state index in [1.54, 1.807) is 0 Å². The molecule has 1 unspecified atom stereocenters. The average molecular weight is 458 g/mol. The maximum atomic E-state index is 12.6. The number of halogens is 3. The molecule has 0 radical (unpaired) electrons. The van der Waals surface area contributed by atoms with E-state index in [1.165, 1.54) is 16.8 Å². The second-order valence-electron chi connectivity index (χ2n) is 7.67. The zero-order valence-corrected chi connectivity index (χ0v) is 17.9. The maximum Gasteiger partial charge on any atom is 0.573 e. The van der Waals surface area contributed by atoms with Crippen LogP contribution in [0.15, 0.2) is 48.5 Å². The highest BCUT2D eigenvalue weighted by Gasteiger charge is 2.37. The Morgan fingerprint density at radius 1 is 1.21 bits per heavy atom. The molecule has 2 amide bonds. The van der Waals surface area contributed by atoms with Crippen molar-refractivity contribution in [2.75, 3.05) is 10.6 Å². The number of ether oxygens (including phenoxy) is 1. The first kappa shape index (κ1) is 22.4. The number of hydrogen-bond donors (Lipinski definition) is 2. The zero-order chi connectivity index (χ0) is 23.8. The van der Waals surface area contributed by atoms with Crippen LogP contribution in [-0.4, -0.2) is 28.0 Å². The summed E-state index contributed by atoms with van der Waals surface area (Å²) in [5.74, 6) is -0.849. The van der Waals surface area contributed by atoms with E-state index in [0.717, 1.165) is 34.5 Å². The van der Waals surface area contributed by atoms with Gasteiger partial charge in [-0.2, -0.15) is 5.10 Å². The summed E-state index contributed by atoms with van der Waals surface area (Å²) in [5.41, 5.74) is 3.73. The number of rotatable bonds is 6. The van der Waals surface area contributed by atoms with Gasteiger partial charge in [0.15, 0.2) is 0 Å². The number of amides is 2. The van der Waals surface area contributed by atoms with E-state index < -0.39 is 24.1 Å². The highest BCUT2D eigenvalue weighted by Crippen LogP contribution is 2.39. The highest BCUT2D eigenvalue weighted by atomic mass is 19.4. The van der Waals surface area contributed by atoms with Crippen molar-refractivity contribution in [1.82, 2.24) is 9.78 Å². The normalized spacial score (nSPS) is 15.2. The van der Waals surface area contributed by atoms with Crippen molar-refractivity contribution in [1.29, 1.82) is 0 Å². The Hall–Kier alpha value is -3.82. The molecule has 4 rings (SSSR count). The SMILES string of the molecule is CCc1nn2c(c1-c1ccc(C)cc1)NC(=O)C2CC(=O)Nc1cccc(OC(F)(F)F)c1. The third-order valence-corrected chi connectivity index (χ3v) is 5.23. The number of hydrogen-bond acceptors (Lipinski definition) is 4. The summed E-state index contributed by atoms with van der Waals surface area (Å²) < 4.78 is 42.7. The maximum absolute atomic E-state index is 12.6. The Morgan fingerprint density at radius 2 is 1.94 bits per heavy atom. The largest absolute Gasteiger partial charge is 0.573 e. The average Bonchev–Trinajstić information content (AvgIpc) is 3.23. The molecule has 0 aliphatic carbocycles. The van der Waals surface area contributed by atoms with Gasteiger partial charge in [-0.15, -0.1) is 13.2 Å². The van der Waals surface area contributed by atoms with Crippen LogP contribution in [0.5, 0.6) is 5.75 Å². The first-order valence-corrected chi connectivity index (χ1v) is 10.3. The smallest absolute Gasteiger partial charge is 0.406 e. The fourth-order valence-electron chi connectivity index (χ4n) is 3.75. The van der Waals surface area contributed by atoms with Crippen molar-refractivity contribution < 1.29 is 27.5 Å². The molecule has 1 atom stereocenters. The number of fused-ring (bicyclic) bond motifs is 1. The number of benzene rings is 2. The molecule has 1 aliphatic heterocycles.